The van der Waals surface area contributed by atoms with Crippen LogP contribution in [0.4, 0.5) is 0 Å². The van der Waals surface area contributed by atoms with E-state index in [9.17, 15) is 0 Å². The van der Waals surface area contributed by atoms with Crippen LogP contribution in [-0.4, -0.2) is 48.6 Å². The molecule has 0 spiro atoms. The van der Waals surface area contributed by atoms with Crippen LogP contribution >= 0.6 is 0 Å². The highest BCUT2D eigenvalue weighted by Crippen LogP contribution is 2.00. The molecule has 0 saturated heterocycles. The van der Waals surface area contributed by atoms with E-state index in [1.165, 1.54) is 5.69 Å². The van der Waals surface area contributed by atoms with Gasteiger partial charge in [0.15, 0.2) is 5.96 Å². The fourth-order valence-electron chi connectivity index (χ4n) is 1.82. The van der Waals surface area contributed by atoms with Crippen molar-refractivity contribution in [1.82, 2.24) is 20.5 Å². The van der Waals surface area contributed by atoms with Crippen molar-refractivity contribution in [3.05, 3.63) is 24.0 Å². The summed E-state index contributed by atoms with van der Waals surface area (Å²) in [5, 5.41) is 6.31. The number of H-pyrrole nitrogens is 1. The van der Waals surface area contributed by atoms with Gasteiger partial charge in [-0.15, -0.1) is 0 Å². The Labute approximate surface area is 107 Å². The lowest BCUT2D eigenvalue weighted by Crippen LogP contribution is -2.54. The number of aliphatic imine (C=N–C) groups is 2. The molecule has 1 atom stereocenters. The Balaban J connectivity index is 1.94. The van der Waals surface area contributed by atoms with Crippen LogP contribution in [0, 0.1) is 0 Å². The summed E-state index contributed by atoms with van der Waals surface area (Å²) in [7, 11) is 3.78. The van der Waals surface area contributed by atoms with Gasteiger partial charge in [0.05, 0.1) is 0 Å². The van der Waals surface area contributed by atoms with Gasteiger partial charge in [-0.05, 0) is 19.1 Å². The lowest BCUT2D eigenvalue weighted by molar-refractivity contribution is 0.477. The number of nitrogens with zero attached hydrogens (tertiary/aromatic N) is 3. The summed E-state index contributed by atoms with van der Waals surface area (Å²) in [5.74, 6) is 1.62. The van der Waals surface area contributed by atoms with Crippen LogP contribution in [0.5, 0.6) is 0 Å². The van der Waals surface area contributed by atoms with Crippen molar-refractivity contribution in [3.63, 3.8) is 0 Å². The highest BCUT2D eigenvalue weighted by atomic mass is 15.4. The number of rotatable bonds is 3. The molecule has 1 aliphatic rings. The maximum atomic E-state index is 4.51. The molecule has 0 fully saturated rings. The number of likely N-dealkylation sites (N-methyl/N-ethyl adjacent to an activating group) is 1. The van der Waals surface area contributed by atoms with Crippen LogP contribution < -0.4 is 10.6 Å². The van der Waals surface area contributed by atoms with Crippen LogP contribution in [0.15, 0.2) is 28.3 Å². The molecule has 1 aromatic rings. The van der Waals surface area contributed by atoms with E-state index < -0.39 is 0 Å². The zero-order valence-corrected chi connectivity index (χ0v) is 11.1. The molecule has 98 valence electrons. The van der Waals surface area contributed by atoms with E-state index in [0.29, 0.717) is 0 Å². The van der Waals surface area contributed by atoms with Crippen molar-refractivity contribution >= 4 is 11.9 Å². The third-order valence-corrected chi connectivity index (χ3v) is 2.86. The van der Waals surface area contributed by atoms with Gasteiger partial charge in [0, 0.05) is 39.0 Å². The van der Waals surface area contributed by atoms with Gasteiger partial charge < -0.3 is 15.2 Å². The standard InChI is InChI=1S/C12H20N6/c1-9-15-11(13-2)17-12(16-9)18(3)8-6-10-5-4-7-14-10/h4-5,7,9,14H,6,8H2,1-3H3,(H2,13,15,16,17). The van der Waals surface area contributed by atoms with Crippen LogP contribution in [0.1, 0.15) is 12.6 Å². The van der Waals surface area contributed by atoms with Crippen LogP contribution in [-0.2, 0) is 6.42 Å². The Bertz CT molecular complexity index is 433. The summed E-state index contributed by atoms with van der Waals surface area (Å²) in [6.45, 7) is 2.90. The molecule has 6 heteroatoms. The van der Waals surface area contributed by atoms with Gasteiger partial charge >= 0.3 is 0 Å². The maximum Gasteiger partial charge on any atom is 0.202 e. The van der Waals surface area contributed by atoms with Crippen molar-refractivity contribution in [2.75, 3.05) is 20.6 Å². The predicted octanol–water partition coefficient (Wildman–Crippen LogP) is 0.370. The van der Waals surface area contributed by atoms with Crippen LogP contribution in [0.2, 0.25) is 0 Å². The van der Waals surface area contributed by atoms with Crippen LogP contribution in [0.3, 0.4) is 0 Å². The van der Waals surface area contributed by atoms with Gasteiger partial charge in [-0.3, -0.25) is 10.3 Å². The average Bonchev–Trinajstić information content (AvgIpc) is 2.88. The van der Waals surface area contributed by atoms with E-state index in [-0.39, 0.29) is 6.17 Å². The number of aromatic nitrogens is 1. The first kappa shape index (κ1) is 12.5. The molecular formula is C12H20N6. The molecule has 1 aliphatic heterocycles. The highest BCUT2D eigenvalue weighted by molar-refractivity contribution is 6.00. The summed E-state index contributed by atoms with van der Waals surface area (Å²) in [6, 6.07) is 4.10. The van der Waals surface area contributed by atoms with Gasteiger partial charge in [-0.2, -0.15) is 0 Å². The second-order valence-electron chi connectivity index (χ2n) is 4.34. The first-order valence-corrected chi connectivity index (χ1v) is 6.10. The van der Waals surface area contributed by atoms with Crippen molar-refractivity contribution in [2.45, 2.75) is 19.5 Å². The normalized spacial score (nSPS) is 21.2. The van der Waals surface area contributed by atoms with Gasteiger partial charge in [-0.1, -0.05) is 0 Å². The molecule has 18 heavy (non-hydrogen) atoms. The van der Waals surface area contributed by atoms with E-state index >= 15 is 0 Å². The number of hydrogen-bond acceptors (Lipinski definition) is 3. The van der Waals surface area contributed by atoms with E-state index in [2.05, 4.69) is 36.6 Å². The summed E-state index contributed by atoms with van der Waals surface area (Å²) >= 11 is 0. The molecule has 2 rings (SSSR count). The van der Waals surface area contributed by atoms with Gasteiger partial charge in [0.1, 0.15) is 6.17 Å². The highest BCUT2D eigenvalue weighted by Gasteiger charge is 2.17. The summed E-state index contributed by atoms with van der Waals surface area (Å²) in [5.41, 5.74) is 1.23. The minimum atomic E-state index is 0.0490. The molecular weight excluding hydrogens is 228 g/mol. The third kappa shape index (κ3) is 3.03. The zero-order chi connectivity index (χ0) is 13.0. The molecule has 2 heterocycles. The second-order valence-corrected chi connectivity index (χ2v) is 4.34. The Morgan fingerprint density at radius 1 is 1.50 bits per heavy atom. The first-order valence-electron chi connectivity index (χ1n) is 6.10. The Morgan fingerprint density at radius 2 is 2.33 bits per heavy atom. The molecule has 0 saturated carbocycles. The monoisotopic (exact) mass is 248 g/mol. The number of guanidine groups is 2. The molecule has 3 N–H and O–H groups in total. The van der Waals surface area contributed by atoms with E-state index in [1.54, 1.807) is 7.05 Å². The molecule has 6 nitrogen and oxygen atoms in total. The average molecular weight is 248 g/mol. The van der Waals surface area contributed by atoms with E-state index in [0.717, 1.165) is 24.9 Å². The molecule has 0 radical (unpaired) electrons. The van der Waals surface area contributed by atoms with Gasteiger partial charge in [0.2, 0.25) is 5.96 Å². The van der Waals surface area contributed by atoms with Crippen LogP contribution in [0.25, 0.3) is 0 Å². The summed E-state index contributed by atoms with van der Waals surface area (Å²) < 4.78 is 0. The van der Waals surface area contributed by atoms with Crippen molar-refractivity contribution < 1.29 is 0 Å². The van der Waals surface area contributed by atoms with Gasteiger partial charge in [-0.25, -0.2) is 4.99 Å². The topological polar surface area (TPSA) is 67.8 Å². The molecule has 0 aromatic carbocycles. The fourth-order valence-corrected chi connectivity index (χ4v) is 1.82. The minimum absolute atomic E-state index is 0.0490. The van der Waals surface area contributed by atoms with Gasteiger partial charge in [0.25, 0.3) is 0 Å². The molecule has 0 bridgehead atoms. The number of nitrogens with one attached hydrogen (secondary N) is 3. The minimum Gasteiger partial charge on any atom is -0.365 e. The lowest BCUT2D eigenvalue weighted by Gasteiger charge is -2.28. The maximum absolute atomic E-state index is 4.51. The summed E-state index contributed by atoms with van der Waals surface area (Å²) in [4.78, 5) is 13.9. The van der Waals surface area contributed by atoms with Crippen molar-refractivity contribution in [3.8, 4) is 0 Å². The third-order valence-electron chi connectivity index (χ3n) is 2.86. The molecule has 1 aromatic heterocycles. The number of hydrogen-bond donors (Lipinski definition) is 3. The van der Waals surface area contributed by atoms with Crippen molar-refractivity contribution in [2.24, 2.45) is 9.98 Å². The first-order chi connectivity index (χ1) is 8.69. The van der Waals surface area contributed by atoms with E-state index in [1.807, 2.05) is 26.2 Å². The predicted molar refractivity (Wildman–Crippen MR) is 73.7 cm³/mol. The second kappa shape index (κ2) is 5.57. The molecule has 0 amide bonds. The Morgan fingerprint density at radius 3 is 3.00 bits per heavy atom. The molecule has 1 unspecified atom stereocenters. The Kier molecular flexibility index (Phi) is 3.86. The lowest BCUT2D eigenvalue weighted by atomic mass is 10.3. The SMILES string of the molecule is CN=C1NC(N(C)CCc2ccc[nH]2)=NC(C)N1. The largest absolute Gasteiger partial charge is 0.365 e. The fraction of sp³-hybridized carbons (Fsp3) is 0.500. The van der Waals surface area contributed by atoms with Crippen molar-refractivity contribution in [1.29, 1.82) is 0 Å². The van der Waals surface area contributed by atoms with E-state index in [4.69, 9.17) is 0 Å². The summed E-state index contributed by atoms with van der Waals surface area (Å²) in [6.07, 6.45) is 2.96. The quantitative estimate of drug-likeness (QED) is 0.724. The smallest absolute Gasteiger partial charge is 0.202 e. The Hall–Kier alpha value is -1.98. The molecule has 0 aliphatic carbocycles. The zero-order valence-electron chi connectivity index (χ0n) is 11.1. The number of aromatic amines is 1.